The largest absolute Gasteiger partial charge is 0.508 e. The van der Waals surface area contributed by atoms with Crippen molar-refractivity contribution in [3.05, 3.63) is 28.8 Å². The topological polar surface area (TPSA) is 38.7 Å². The number of halogens is 1. The molecular weight excluding hydrogens is 192 g/mol. The molecular formula is C9H11ClO3. The Labute approximate surface area is 81.9 Å². The van der Waals surface area contributed by atoms with Crippen molar-refractivity contribution < 1.29 is 14.6 Å². The number of benzene rings is 1. The molecule has 0 aliphatic heterocycles. The van der Waals surface area contributed by atoms with Gasteiger partial charge in [-0.05, 0) is 17.7 Å². The van der Waals surface area contributed by atoms with E-state index in [1.807, 2.05) is 0 Å². The summed E-state index contributed by atoms with van der Waals surface area (Å²) >= 11 is 5.83. The fourth-order valence-corrected chi connectivity index (χ4v) is 1.12. The quantitative estimate of drug-likeness (QED) is 0.601. The summed E-state index contributed by atoms with van der Waals surface area (Å²) in [4.78, 5) is 0. The molecule has 0 unspecified atom stereocenters. The van der Waals surface area contributed by atoms with Crippen LogP contribution >= 0.6 is 11.6 Å². The van der Waals surface area contributed by atoms with E-state index in [-0.39, 0.29) is 12.5 Å². The molecule has 1 rings (SSSR count). The van der Waals surface area contributed by atoms with Gasteiger partial charge in [0.2, 0.25) is 0 Å². The van der Waals surface area contributed by atoms with E-state index in [4.69, 9.17) is 26.2 Å². The second-order valence-corrected chi connectivity index (χ2v) is 2.94. The second-order valence-electron chi connectivity index (χ2n) is 2.53. The van der Waals surface area contributed by atoms with Crippen LogP contribution in [0, 0.1) is 0 Å². The van der Waals surface area contributed by atoms with Crippen LogP contribution in [0.15, 0.2) is 18.2 Å². The molecule has 3 nitrogen and oxygen atoms in total. The molecule has 0 fully saturated rings. The summed E-state index contributed by atoms with van der Waals surface area (Å²) in [6, 6.07) is 4.76. The first-order chi connectivity index (χ1) is 6.24. The van der Waals surface area contributed by atoms with Crippen LogP contribution in [0.1, 0.15) is 5.56 Å². The number of phenolic OH excluding ortho intramolecular Hbond substituents is 1. The fraction of sp³-hybridized carbons (Fsp3) is 0.333. The van der Waals surface area contributed by atoms with E-state index in [2.05, 4.69) is 0 Å². The Kier molecular flexibility index (Phi) is 4.02. The van der Waals surface area contributed by atoms with Gasteiger partial charge in [-0.25, -0.2) is 0 Å². The third-order valence-corrected chi connectivity index (χ3v) is 1.85. The molecule has 0 atom stereocenters. The molecule has 1 aromatic rings. The van der Waals surface area contributed by atoms with Gasteiger partial charge in [0.1, 0.15) is 12.5 Å². The van der Waals surface area contributed by atoms with E-state index in [9.17, 15) is 0 Å². The van der Waals surface area contributed by atoms with Gasteiger partial charge < -0.3 is 14.6 Å². The van der Waals surface area contributed by atoms with Crippen LogP contribution < -0.4 is 0 Å². The van der Waals surface area contributed by atoms with Crippen LogP contribution in [-0.4, -0.2) is 19.0 Å². The van der Waals surface area contributed by atoms with Crippen LogP contribution in [0.4, 0.5) is 0 Å². The normalized spacial score (nSPS) is 10.3. The number of hydrogen-bond donors (Lipinski definition) is 1. The van der Waals surface area contributed by atoms with E-state index in [1.54, 1.807) is 19.2 Å². The lowest BCUT2D eigenvalue weighted by Crippen LogP contribution is -1.97. The van der Waals surface area contributed by atoms with Gasteiger partial charge in [0.05, 0.1) is 6.61 Å². The van der Waals surface area contributed by atoms with Crippen LogP contribution in [0.2, 0.25) is 5.02 Å². The van der Waals surface area contributed by atoms with Crippen LogP contribution in [0.25, 0.3) is 0 Å². The zero-order chi connectivity index (χ0) is 9.68. The minimum absolute atomic E-state index is 0.153. The molecule has 4 heteroatoms. The van der Waals surface area contributed by atoms with Crippen molar-refractivity contribution in [3.8, 4) is 5.75 Å². The Balaban J connectivity index is 2.56. The SMILES string of the molecule is COCOCc1ccc(O)cc1Cl. The summed E-state index contributed by atoms with van der Waals surface area (Å²) in [7, 11) is 1.55. The fourth-order valence-electron chi connectivity index (χ4n) is 0.888. The molecule has 13 heavy (non-hydrogen) atoms. The Morgan fingerprint density at radius 3 is 2.85 bits per heavy atom. The van der Waals surface area contributed by atoms with Crippen molar-refractivity contribution in [2.24, 2.45) is 0 Å². The van der Waals surface area contributed by atoms with Crippen molar-refractivity contribution in [2.75, 3.05) is 13.9 Å². The molecule has 72 valence electrons. The van der Waals surface area contributed by atoms with E-state index in [0.717, 1.165) is 5.56 Å². The number of hydrogen-bond acceptors (Lipinski definition) is 3. The number of ether oxygens (including phenoxy) is 2. The first-order valence-electron chi connectivity index (χ1n) is 3.78. The standard InChI is InChI=1S/C9H11ClO3/c1-12-6-13-5-7-2-3-8(11)4-9(7)10/h2-4,11H,5-6H2,1H3. The number of rotatable bonds is 4. The van der Waals surface area contributed by atoms with Crippen molar-refractivity contribution in [1.29, 1.82) is 0 Å². The molecule has 0 amide bonds. The monoisotopic (exact) mass is 202 g/mol. The lowest BCUT2D eigenvalue weighted by molar-refractivity contribution is -0.0390. The van der Waals surface area contributed by atoms with Crippen molar-refractivity contribution >= 4 is 11.6 Å². The summed E-state index contributed by atoms with van der Waals surface area (Å²) in [6.45, 7) is 0.615. The van der Waals surface area contributed by atoms with Crippen molar-refractivity contribution in [1.82, 2.24) is 0 Å². The van der Waals surface area contributed by atoms with E-state index >= 15 is 0 Å². The van der Waals surface area contributed by atoms with Gasteiger partial charge >= 0.3 is 0 Å². The first-order valence-corrected chi connectivity index (χ1v) is 4.16. The number of methoxy groups -OCH3 is 1. The Hall–Kier alpha value is -0.770. The predicted molar refractivity (Wildman–Crippen MR) is 49.8 cm³/mol. The van der Waals surface area contributed by atoms with Gasteiger partial charge in [-0.15, -0.1) is 0 Å². The first kappa shape index (κ1) is 10.3. The van der Waals surface area contributed by atoms with E-state index < -0.39 is 0 Å². The summed E-state index contributed by atoms with van der Waals surface area (Å²) in [5, 5.41) is 9.56. The molecule has 0 radical (unpaired) electrons. The van der Waals surface area contributed by atoms with Crippen molar-refractivity contribution in [3.63, 3.8) is 0 Å². The van der Waals surface area contributed by atoms with E-state index in [1.165, 1.54) is 6.07 Å². The van der Waals surface area contributed by atoms with E-state index in [0.29, 0.717) is 11.6 Å². The highest BCUT2D eigenvalue weighted by Gasteiger charge is 2.00. The third-order valence-electron chi connectivity index (χ3n) is 1.50. The minimum atomic E-state index is 0.153. The summed E-state index contributed by atoms with van der Waals surface area (Å²) in [6.07, 6.45) is 0. The molecule has 0 saturated carbocycles. The van der Waals surface area contributed by atoms with Crippen LogP contribution in [0.3, 0.4) is 0 Å². The second kappa shape index (κ2) is 5.07. The molecule has 0 aromatic heterocycles. The zero-order valence-electron chi connectivity index (χ0n) is 7.29. The maximum atomic E-state index is 9.06. The van der Waals surface area contributed by atoms with Gasteiger partial charge in [0.15, 0.2) is 0 Å². The molecule has 0 bridgehead atoms. The van der Waals surface area contributed by atoms with Gasteiger partial charge in [-0.2, -0.15) is 0 Å². The van der Waals surface area contributed by atoms with Gasteiger partial charge in [0, 0.05) is 12.1 Å². The highest BCUT2D eigenvalue weighted by atomic mass is 35.5. The minimum Gasteiger partial charge on any atom is -0.508 e. The molecule has 1 aromatic carbocycles. The predicted octanol–water partition coefficient (Wildman–Crippen LogP) is 2.17. The van der Waals surface area contributed by atoms with Gasteiger partial charge in [-0.3, -0.25) is 0 Å². The highest BCUT2D eigenvalue weighted by molar-refractivity contribution is 6.31. The zero-order valence-corrected chi connectivity index (χ0v) is 8.04. The Morgan fingerprint density at radius 2 is 2.23 bits per heavy atom. The summed E-state index contributed by atoms with van der Waals surface area (Å²) < 4.78 is 9.81. The maximum Gasteiger partial charge on any atom is 0.146 e. The average Bonchev–Trinajstić information content (AvgIpc) is 2.09. The lowest BCUT2D eigenvalue weighted by Gasteiger charge is -2.05. The molecule has 0 saturated heterocycles. The highest BCUT2D eigenvalue weighted by Crippen LogP contribution is 2.21. The lowest BCUT2D eigenvalue weighted by atomic mass is 10.2. The van der Waals surface area contributed by atoms with Gasteiger partial charge in [-0.1, -0.05) is 17.7 Å². The molecule has 1 N–H and O–H groups in total. The molecule has 0 aliphatic rings. The Bertz CT molecular complexity index is 276. The summed E-state index contributed by atoms with van der Waals surface area (Å²) in [5.41, 5.74) is 0.830. The molecule has 0 aliphatic carbocycles. The van der Waals surface area contributed by atoms with Crippen LogP contribution in [0.5, 0.6) is 5.75 Å². The van der Waals surface area contributed by atoms with Crippen molar-refractivity contribution in [2.45, 2.75) is 6.61 Å². The van der Waals surface area contributed by atoms with Crippen LogP contribution in [-0.2, 0) is 16.1 Å². The smallest absolute Gasteiger partial charge is 0.146 e. The van der Waals surface area contributed by atoms with Gasteiger partial charge in [0.25, 0.3) is 0 Å². The maximum absolute atomic E-state index is 9.06. The molecule has 0 heterocycles. The third kappa shape index (κ3) is 3.22. The Morgan fingerprint density at radius 1 is 1.46 bits per heavy atom. The number of aromatic hydroxyl groups is 1. The molecule has 0 spiro atoms. The summed E-state index contributed by atoms with van der Waals surface area (Å²) in [5.74, 6) is 0.153. The average molecular weight is 203 g/mol. The number of phenols is 1.